The van der Waals surface area contributed by atoms with Crippen molar-refractivity contribution in [3.8, 4) is 6.01 Å². The molecule has 3 saturated carbocycles. The van der Waals surface area contributed by atoms with Gasteiger partial charge in [0.2, 0.25) is 21.8 Å². The molecule has 288 valence electrons. The van der Waals surface area contributed by atoms with Crippen LogP contribution in [-0.4, -0.2) is 88.3 Å². The third kappa shape index (κ3) is 8.04. The molecular formula is C38H52N6O8S. The smallest absolute Gasteiger partial charge is 0.408 e. The largest absolute Gasteiger partial charge is 0.459 e. The van der Waals surface area contributed by atoms with Gasteiger partial charge in [0.25, 0.3) is 11.9 Å². The molecule has 1 aromatic carbocycles. The van der Waals surface area contributed by atoms with Gasteiger partial charge in [-0.3, -0.25) is 23.7 Å². The fourth-order valence-corrected chi connectivity index (χ4v) is 9.41. The molecule has 4 fully saturated rings. The highest BCUT2D eigenvalue weighted by molar-refractivity contribution is 7.91. The number of amides is 4. The van der Waals surface area contributed by atoms with Crippen molar-refractivity contribution in [2.24, 2.45) is 5.92 Å². The minimum atomic E-state index is -3.87. The van der Waals surface area contributed by atoms with Crippen LogP contribution in [0.2, 0.25) is 0 Å². The lowest BCUT2D eigenvalue weighted by Gasteiger charge is -2.30. The maximum absolute atomic E-state index is 14.5. The summed E-state index contributed by atoms with van der Waals surface area (Å²) in [6, 6.07) is 6.15. The van der Waals surface area contributed by atoms with Crippen molar-refractivity contribution in [1.82, 2.24) is 29.8 Å². The number of carbonyl (C=O) groups is 4. The van der Waals surface area contributed by atoms with E-state index in [1.165, 1.54) is 4.90 Å². The Kier molecular flexibility index (Phi) is 10.7. The molecule has 3 heterocycles. The van der Waals surface area contributed by atoms with Crippen molar-refractivity contribution in [2.45, 2.75) is 145 Å². The third-order valence-electron chi connectivity index (χ3n) is 11.6. The Bertz CT molecular complexity index is 1850. The number of benzene rings is 1. The molecule has 5 aliphatic rings. The zero-order valence-corrected chi connectivity index (χ0v) is 31.4. The molecule has 6 atom stereocenters. The zero-order valence-electron chi connectivity index (χ0n) is 30.6. The molecule has 1 unspecified atom stereocenters. The number of alkyl carbamates (subject to hydrolysis) is 1. The second-order valence-corrected chi connectivity index (χ2v) is 17.5. The Balaban J connectivity index is 1.18. The Morgan fingerprint density at radius 2 is 1.79 bits per heavy atom. The molecule has 53 heavy (non-hydrogen) atoms. The highest BCUT2D eigenvalue weighted by atomic mass is 32.2. The van der Waals surface area contributed by atoms with Crippen molar-refractivity contribution in [2.75, 3.05) is 6.54 Å². The topological polar surface area (TPSA) is 178 Å². The molecular weight excluding hydrogens is 701 g/mol. The van der Waals surface area contributed by atoms with Gasteiger partial charge in [-0.1, -0.05) is 44.1 Å². The summed E-state index contributed by atoms with van der Waals surface area (Å²) in [4.78, 5) is 62.0. The molecule has 1 saturated heterocycles. The predicted octanol–water partition coefficient (Wildman–Crippen LogP) is 4.40. The second kappa shape index (κ2) is 15.3. The summed E-state index contributed by atoms with van der Waals surface area (Å²) < 4.78 is 42.2. The lowest BCUT2D eigenvalue weighted by atomic mass is 10.0. The van der Waals surface area contributed by atoms with Gasteiger partial charge < -0.3 is 25.0 Å². The van der Waals surface area contributed by atoms with Crippen LogP contribution in [0.4, 0.5) is 4.79 Å². The number of sulfonamides is 1. The van der Waals surface area contributed by atoms with E-state index in [0.29, 0.717) is 38.1 Å². The van der Waals surface area contributed by atoms with E-state index in [4.69, 9.17) is 14.5 Å². The number of carbonyl (C=O) groups excluding carboxylic acids is 4. The monoisotopic (exact) mass is 752 g/mol. The molecule has 2 aromatic rings. The van der Waals surface area contributed by atoms with Crippen molar-refractivity contribution in [1.29, 1.82) is 0 Å². The number of nitrogens with one attached hydrogen (secondary N) is 3. The fourth-order valence-electron chi connectivity index (χ4n) is 8.04. The molecule has 0 bridgehead atoms. The standard InChI is InChI=1S/C38H52N6O8S/c1-3-24(2)44-31-18-12-11-16-29(31)39-36(44)51-27-21-32-33(45)41-38(35(47)42-53(49,50)28-19-20-28)22-25(38)13-7-5-4-6-8-17-30(34(46)43(32)23-27)40-37(48)52-26-14-9-10-15-26/h7,11-13,16,18,24-28,30,32H,3-6,8-10,14-15,17,19-23H2,1-2H3,(H,40,48)(H,41,45)(H,42,47)/b13-7-/t24?,25-,27-,30+,32+,38-/m1/s1. The first kappa shape index (κ1) is 37.2. The predicted molar refractivity (Wildman–Crippen MR) is 196 cm³/mol. The van der Waals surface area contributed by atoms with E-state index in [0.717, 1.165) is 56.0 Å². The summed E-state index contributed by atoms with van der Waals surface area (Å²) in [6.07, 6.45) is 11.4. The van der Waals surface area contributed by atoms with Crippen LogP contribution in [0.1, 0.15) is 110 Å². The van der Waals surface area contributed by atoms with Crippen molar-refractivity contribution in [3.63, 3.8) is 0 Å². The van der Waals surface area contributed by atoms with Crippen LogP contribution in [-0.2, 0) is 29.1 Å². The lowest BCUT2D eigenvalue weighted by molar-refractivity contribution is -0.141. The number of para-hydroxylation sites is 2. The van der Waals surface area contributed by atoms with Gasteiger partial charge in [-0.15, -0.1) is 0 Å². The van der Waals surface area contributed by atoms with E-state index < -0.39 is 68.7 Å². The van der Waals surface area contributed by atoms with Gasteiger partial charge in [0.05, 0.1) is 22.8 Å². The average Bonchev–Trinajstić information content (AvgIpc) is 3.95. The number of rotatable bonds is 9. The lowest BCUT2D eigenvalue weighted by Crippen LogP contribution is -2.58. The van der Waals surface area contributed by atoms with Gasteiger partial charge in [-0.2, -0.15) is 4.98 Å². The SMILES string of the molecule is CCC(C)n1c(O[C@@H]2C[C@H]3C(=O)N[C@]4(C(=O)NS(=O)(=O)C5CC5)C[C@H]4/C=C\CCCCC[C@H](NC(=O)OC4CCCC4)C(=O)N3C2)nc2ccccc21. The first-order valence-electron chi connectivity index (χ1n) is 19.4. The highest BCUT2D eigenvalue weighted by Gasteiger charge is 2.62. The van der Waals surface area contributed by atoms with Gasteiger partial charge in [0.15, 0.2) is 0 Å². The first-order chi connectivity index (χ1) is 25.5. The molecule has 7 rings (SSSR count). The minimum Gasteiger partial charge on any atom is -0.459 e. The number of fused-ring (bicyclic) bond motifs is 3. The maximum Gasteiger partial charge on any atom is 0.408 e. The normalized spacial score (nSPS) is 29.6. The van der Waals surface area contributed by atoms with E-state index in [-0.39, 0.29) is 31.5 Å². The number of aromatic nitrogens is 2. The third-order valence-corrected chi connectivity index (χ3v) is 13.4. The Labute approximate surface area is 310 Å². The van der Waals surface area contributed by atoms with Crippen molar-refractivity contribution < 1.29 is 37.1 Å². The van der Waals surface area contributed by atoms with Crippen LogP contribution in [0.3, 0.4) is 0 Å². The molecule has 14 nitrogen and oxygen atoms in total. The van der Waals surface area contributed by atoms with Crippen LogP contribution in [0, 0.1) is 5.92 Å². The van der Waals surface area contributed by atoms with E-state index in [9.17, 15) is 27.6 Å². The van der Waals surface area contributed by atoms with Gasteiger partial charge in [0.1, 0.15) is 29.8 Å². The number of nitrogens with zero attached hydrogens (tertiary/aromatic N) is 3. The van der Waals surface area contributed by atoms with Crippen molar-refractivity contribution in [3.05, 3.63) is 36.4 Å². The van der Waals surface area contributed by atoms with Gasteiger partial charge in [-0.05, 0) is 89.7 Å². The number of allylic oxidation sites excluding steroid dienone is 1. The summed E-state index contributed by atoms with van der Waals surface area (Å²) in [5, 5.41) is 5.13. The highest BCUT2D eigenvalue weighted by Crippen LogP contribution is 2.46. The molecule has 2 aliphatic heterocycles. The van der Waals surface area contributed by atoms with Crippen LogP contribution in [0.15, 0.2) is 36.4 Å². The number of hydrogen-bond acceptors (Lipinski definition) is 9. The molecule has 4 amide bonds. The number of imidazole rings is 1. The van der Waals surface area contributed by atoms with E-state index in [2.05, 4.69) is 29.2 Å². The van der Waals surface area contributed by atoms with Gasteiger partial charge >= 0.3 is 6.09 Å². The Morgan fingerprint density at radius 1 is 1.04 bits per heavy atom. The van der Waals surface area contributed by atoms with E-state index in [1.807, 2.05) is 41.0 Å². The minimum absolute atomic E-state index is 0.0368. The summed E-state index contributed by atoms with van der Waals surface area (Å²) in [5.41, 5.74) is 0.193. The number of hydrogen-bond donors (Lipinski definition) is 3. The molecule has 3 aliphatic carbocycles. The van der Waals surface area contributed by atoms with Crippen LogP contribution < -0.4 is 20.1 Å². The molecule has 0 radical (unpaired) electrons. The van der Waals surface area contributed by atoms with E-state index >= 15 is 0 Å². The maximum atomic E-state index is 14.5. The van der Waals surface area contributed by atoms with Crippen LogP contribution in [0.25, 0.3) is 11.0 Å². The Hall–Kier alpha value is -4.14. The summed E-state index contributed by atoms with van der Waals surface area (Å²) >= 11 is 0. The summed E-state index contributed by atoms with van der Waals surface area (Å²) in [6.45, 7) is 4.19. The summed E-state index contributed by atoms with van der Waals surface area (Å²) in [5.74, 6) is -2.20. The van der Waals surface area contributed by atoms with E-state index in [1.54, 1.807) is 0 Å². The van der Waals surface area contributed by atoms with Crippen LogP contribution in [0.5, 0.6) is 6.01 Å². The average molecular weight is 753 g/mol. The summed E-state index contributed by atoms with van der Waals surface area (Å²) in [7, 11) is -3.87. The fraction of sp³-hybridized carbons (Fsp3) is 0.658. The molecule has 15 heteroatoms. The van der Waals surface area contributed by atoms with Crippen molar-refractivity contribution >= 4 is 44.9 Å². The van der Waals surface area contributed by atoms with Gasteiger partial charge in [0, 0.05) is 18.4 Å². The first-order valence-corrected chi connectivity index (χ1v) is 21.0. The number of ether oxygens (including phenoxy) is 2. The quantitative estimate of drug-likeness (QED) is 0.314. The molecule has 1 aromatic heterocycles. The van der Waals surface area contributed by atoms with Gasteiger partial charge in [-0.25, -0.2) is 13.2 Å². The van der Waals surface area contributed by atoms with Crippen LogP contribution >= 0.6 is 0 Å². The Morgan fingerprint density at radius 3 is 2.55 bits per heavy atom. The molecule has 0 spiro atoms. The molecule has 3 N–H and O–H groups in total. The second-order valence-electron chi connectivity index (χ2n) is 15.5. The zero-order chi connectivity index (χ0) is 37.3.